The smallest absolute Gasteiger partial charge is 0.139 e. The number of para-hydroxylation sites is 1. The molecule has 1 saturated carbocycles. The summed E-state index contributed by atoms with van der Waals surface area (Å²) in [6.45, 7) is 5.24. The molecule has 0 bridgehead atoms. The Morgan fingerprint density at radius 2 is 1.94 bits per heavy atom. The molecule has 0 saturated heterocycles. The summed E-state index contributed by atoms with van der Waals surface area (Å²) in [5.74, 6) is 0.428. The number of anilines is 1. The first-order valence-electron chi connectivity index (χ1n) is 6.79. The molecule has 1 fully saturated rings. The first-order chi connectivity index (χ1) is 8.24. The number of aryl methyl sites for hydroxylation is 1. The maximum atomic E-state index is 10.1. The van der Waals surface area contributed by atoms with Crippen LogP contribution >= 0.6 is 0 Å². The molecule has 0 amide bonds. The maximum Gasteiger partial charge on any atom is 0.139 e. The second kappa shape index (κ2) is 5.44. The van der Waals surface area contributed by atoms with Gasteiger partial charge in [0.25, 0.3) is 0 Å². The van der Waals surface area contributed by atoms with Gasteiger partial charge >= 0.3 is 0 Å². The molecular weight excluding hydrogens is 210 g/mol. The zero-order valence-electron chi connectivity index (χ0n) is 10.9. The number of hydrogen-bond acceptors (Lipinski definition) is 2. The molecule has 0 heterocycles. The summed E-state index contributed by atoms with van der Waals surface area (Å²) in [4.78, 5) is 2.39. The van der Waals surface area contributed by atoms with Gasteiger partial charge in [0.15, 0.2) is 0 Å². The quantitative estimate of drug-likeness (QED) is 0.857. The van der Waals surface area contributed by atoms with Crippen LogP contribution in [0, 0.1) is 6.92 Å². The van der Waals surface area contributed by atoms with E-state index in [0.717, 1.165) is 12.2 Å². The van der Waals surface area contributed by atoms with E-state index in [1.54, 1.807) is 6.07 Å². The van der Waals surface area contributed by atoms with E-state index in [2.05, 4.69) is 24.8 Å². The SMILES string of the molecule is CCN(c1c(C)cccc1O)C1CCCCC1. The Morgan fingerprint density at radius 1 is 1.24 bits per heavy atom. The summed E-state index contributed by atoms with van der Waals surface area (Å²) < 4.78 is 0. The van der Waals surface area contributed by atoms with Gasteiger partial charge in [-0.15, -0.1) is 0 Å². The molecule has 0 unspecified atom stereocenters. The lowest BCUT2D eigenvalue weighted by Gasteiger charge is -2.36. The minimum Gasteiger partial charge on any atom is -0.506 e. The molecular formula is C15H23NO. The molecule has 0 aliphatic heterocycles. The van der Waals surface area contributed by atoms with Crippen LogP contribution in [0.1, 0.15) is 44.6 Å². The Hall–Kier alpha value is -1.18. The monoisotopic (exact) mass is 233 g/mol. The predicted octanol–water partition coefficient (Wildman–Crippen LogP) is 3.86. The fourth-order valence-corrected chi connectivity index (χ4v) is 3.01. The van der Waals surface area contributed by atoms with Gasteiger partial charge in [0.05, 0.1) is 5.69 Å². The van der Waals surface area contributed by atoms with E-state index in [9.17, 15) is 5.11 Å². The molecule has 0 atom stereocenters. The van der Waals surface area contributed by atoms with Crippen molar-refractivity contribution in [2.75, 3.05) is 11.4 Å². The van der Waals surface area contributed by atoms with Crippen LogP contribution in [0.3, 0.4) is 0 Å². The lowest BCUT2D eigenvalue weighted by Crippen LogP contribution is -2.37. The zero-order valence-corrected chi connectivity index (χ0v) is 10.9. The van der Waals surface area contributed by atoms with Gasteiger partial charge in [-0.25, -0.2) is 0 Å². The van der Waals surface area contributed by atoms with Crippen molar-refractivity contribution < 1.29 is 5.11 Å². The van der Waals surface area contributed by atoms with Crippen molar-refractivity contribution in [3.63, 3.8) is 0 Å². The van der Waals surface area contributed by atoms with E-state index in [1.807, 2.05) is 6.07 Å². The van der Waals surface area contributed by atoms with Crippen LogP contribution in [-0.4, -0.2) is 17.7 Å². The Bertz CT molecular complexity index is 349. The Kier molecular flexibility index (Phi) is 3.93. The number of nitrogens with zero attached hydrogens (tertiary/aromatic N) is 1. The van der Waals surface area contributed by atoms with Crippen LogP contribution in [0.25, 0.3) is 0 Å². The molecule has 1 aromatic carbocycles. The minimum atomic E-state index is 0.428. The Balaban J connectivity index is 2.27. The number of phenols is 1. The van der Waals surface area contributed by atoms with E-state index in [4.69, 9.17) is 0 Å². The molecule has 94 valence electrons. The average molecular weight is 233 g/mol. The van der Waals surface area contributed by atoms with E-state index in [-0.39, 0.29) is 0 Å². The molecule has 1 aromatic rings. The van der Waals surface area contributed by atoms with Gasteiger partial charge in [0.2, 0.25) is 0 Å². The standard InChI is InChI=1S/C15H23NO/c1-3-16(13-9-5-4-6-10-13)15-12(2)8-7-11-14(15)17/h7-8,11,13,17H,3-6,9-10H2,1-2H3. The van der Waals surface area contributed by atoms with Gasteiger partial charge in [-0.2, -0.15) is 0 Å². The van der Waals surface area contributed by atoms with Gasteiger partial charge < -0.3 is 10.0 Å². The van der Waals surface area contributed by atoms with Gasteiger partial charge in [-0.1, -0.05) is 31.4 Å². The molecule has 0 spiro atoms. The topological polar surface area (TPSA) is 23.5 Å². The van der Waals surface area contributed by atoms with Gasteiger partial charge in [-0.05, 0) is 38.3 Å². The fraction of sp³-hybridized carbons (Fsp3) is 0.600. The van der Waals surface area contributed by atoms with Crippen molar-refractivity contribution in [2.45, 2.75) is 52.0 Å². The normalized spacial score (nSPS) is 17.1. The minimum absolute atomic E-state index is 0.428. The third-order valence-electron chi connectivity index (χ3n) is 3.86. The summed E-state index contributed by atoms with van der Waals surface area (Å²) in [6, 6.07) is 6.41. The second-order valence-corrected chi connectivity index (χ2v) is 5.02. The Labute approximate surface area is 104 Å². The summed E-state index contributed by atoms with van der Waals surface area (Å²) in [5, 5.41) is 10.1. The molecule has 1 N–H and O–H groups in total. The zero-order chi connectivity index (χ0) is 12.3. The number of aromatic hydroxyl groups is 1. The van der Waals surface area contributed by atoms with Gasteiger partial charge in [-0.3, -0.25) is 0 Å². The van der Waals surface area contributed by atoms with E-state index in [1.165, 1.54) is 37.7 Å². The molecule has 1 aliphatic carbocycles. The lowest BCUT2D eigenvalue weighted by molar-refractivity contribution is 0.410. The number of hydrogen-bond donors (Lipinski definition) is 1. The van der Waals surface area contributed by atoms with Crippen LogP contribution in [0.5, 0.6) is 5.75 Å². The number of rotatable bonds is 3. The van der Waals surface area contributed by atoms with Crippen molar-refractivity contribution >= 4 is 5.69 Å². The summed E-state index contributed by atoms with van der Waals surface area (Å²) in [6.07, 6.45) is 6.55. The fourth-order valence-electron chi connectivity index (χ4n) is 3.01. The van der Waals surface area contributed by atoms with Crippen molar-refractivity contribution in [1.29, 1.82) is 0 Å². The van der Waals surface area contributed by atoms with Crippen LogP contribution in [0.2, 0.25) is 0 Å². The van der Waals surface area contributed by atoms with Gasteiger partial charge in [0.1, 0.15) is 5.75 Å². The first kappa shape index (κ1) is 12.3. The van der Waals surface area contributed by atoms with Crippen LogP contribution < -0.4 is 4.90 Å². The highest BCUT2D eigenvalue weighted by Gasteiger charge is 2.23. The van der Waals surface area contributed by atoms with Crippen LogP contribution in [0.4, 0.5) is 5.69 Å². The van der Waals surface area contributed by atoms with Gasteiger partial charge in [0, 0.05) is 12.6 Å². The highest BCUT2D eigenvalue weighted by molar-refractivity contribution is 5.63. The number of benzene rings is 1. The third kappa shape index (κ3) is 2.56. The maximum absolute atomic E-state index is 10.1. The Morgan fingerprint density at radius 3 is 2.53 bits per heavy atom. The van der Waals surface area contributed by atoms with Crippen LogP contribution in [0.15, 0.2) is 18.2 Å². The highest BCUT2D eigenvalue weighted by Crippen LogP contribution is 2.35. The molecule has 2 nitrogen and oxygen atoms in total. The highest BCUT2D eigenvalue weighted by atomic mass is 16.3. The molecule has 17 heavy (non-hydrogen) atoms. The van der Waals surface area contributed by atoms with E-state index >= 15 is 0 Å². The average Bonchev–Trinajstić information content (AvgIpc) is 2.35. The van der Waals surface area contributed by atoms with E-state index in [0.29, 0.717) is 11.8 Å². The lowest BCUT2D eigenvalue weighted by atomic mass is 9.93. The molecule has 0 aromatic heterocycles. The summed E-state index contributed by atoms with van der Waals surface area (Å²) in [5.41, 5.74) is 2.22. The molecule has 2 rings (SSSR count). The van der Waals surface area contributed by atoms with Crippen molar-refractivity contribution in [1.82, 2.24) is 0 Å². The summed E-state index contributed by atoms with van der Waals surface area (Å²) >= 11 is 0. The van der Waals surface area contributed by atoms with Crippen molar-refractivity contribution in [2.24, 2.45) is 0 Å². The van der Waals surface area contributed by atoms with Crippen molar-refractivity contribution in [3.8, 4) is 5.75 Å². The number of phenolic OH excluding ortho intramolecular Hbond substituents is 1. The second-order valence-electron chi connectivity index (χ2n) is 5.02. The largest absolute Gasteiger partial charge is 0.506 e. The molecule has 1 aliphatic rings. The summed E-state index contributed by atoms with van der Waals surface area (Å²) in [7, 11) is 0. The molecule has 0 radical (unpaired) electrons. The van der Waals surface area contributed by atoms with Crippen molar-refractivity contribution in [3.05, 3.63) is 23.8 Å². The third-order valence-corrected chi connectivity index (χ3v) is 3.86. The van der Waals surface area contributed by atoms with Crippen LogP contribution in [-0.2, 0) is 0 Å². The molecule has 2 heteroatoms. The van der Waals surface area contributed by atoms with E-state index < -0.39 is 0 Å². The predicted molar refractivity (Wildman–Crippen MR) is 72.7 cm³/mol. The first-order valence-corrected chi connectivity index (χ1v) is 6.79.